The highest BCUT2D eigenvalue weighted by molar-refractivity contribution is 5.94. The lowest BCUT2D eigenvalue weighted by Crippen LogP contribution is -2.40. The number of para-hydroxylation sites is 2. The van der Waals surface area contributed by atoms with Crippen molar-refractivity contribution in [1.82, 2.24) is 0 Å². The summed E-state index contributed by atoms with van der Waals surface area (Å²) in [5.41, 5.74) is 0.157. The summed E-state index contributed by atoms with van der Waals surface area (Å²) in [5.74, 6) is 0.000278. The van der Waals surface area contributed by atoms with E-state index in [0.29, 0.717) is 11.5 Å². The first-order valence-electron chi connectivity index (χ1n) is 6.96. The molecule has 1 aliphatic heterocycles. The van der Waals surface area contributed by atoms with Crippen molar-refractivity contribution in [2.45, 2.75) is 12.5 Å². The minimum Gasteiger partial charge on any atom is -0.485 e. The van der Waals surface area contributed by atoms with E-state index in [1.165, 1.54) is 12.1 Å². The van der Waals surface area contributed by atoms with Crippen molar-refractivity contribution in [3.05, 3.63) is 48.5 Å². The van der Waals surface area contributed by atoms with Crippen LogP contribution in [0.1, 0.15) is 0 Å². The standard InChI is InChI=1S/C16H12F3NO4/c17-16(18,19)24-11-5-3-4-10(8-11)20-15(21)14-9-22-12-6-1-2-7-13(12)23-14/h1-8,14H,9H2,(H,20,21)/t14-/m1/s1. The molecule has 24 heavy (non-hydrogen) atoms. The molecule has 1 atom stereocenters. The Morgan fingerprint density at radius 2 is 1.88 bits per heavy atom. The minimum absolute atomic E-state index is 0.00158. The summed E-state index contributed by atoms with van der Waals surface area (Å²) in [6.45, 7) is 0.00158. The van der Waals surface area contributed by atoms with Crippen molar-refractivity contribution in [1.29, 1.82) is 0 Å². The summed E-state index contributed by atoms with van der Waals surface area (Å²) >= 11 is 0. The quantitative estimate of drug-likeness (QED) is 0.932. The van der Waals surface area contributed by atoms with E-state index >= 15 is 0 Å². The molecular formula is C16H12F3NO4. The highest BCUT2D eigenvalue weighted by Gasteiger charge is 2.31. The molecule has 0 fully saturated rings. The fourth-order valence-electron chi connectivity index (χ4n) is 2.14. The van der Waals surface area contributed by atoms with Gasteiger partial charge in [0, 0.05) is 11.8 Å². The van der Waals surface area contributed by atoms with Gasteiger partial charge in [-0.05, 0) is 24.3 Å². The number of fused-ring (bicyclic) bond motifs is 1. The molecule has 1 amide bonds. The third kappa shape index (κ3) is 3.89. The van der Waals surface area contributed by atoms with Crippen molar-refractivity contribution in [3.63, 3.8) is 0 Å². The van der Waals surface area contributed by atoms with Crippen molar-refractivity contribution in [2.75, 3.05) is 11.9 Å². The monoisotopic (exact) mass is 339 g/mol. The van der Waals surface area contributed by atoms with Crippen molar-refractivity contribution in [3.8, 4) is 17.2 Å². The van der Waals surface area contributed by atoms with Gasteiger partial charge in [-0.1, -0.05) is 18.2 Å². The Bertz CT molecular complexity index is 748. The zero-order valence-corrected chi connectivity index (χ0v) is 12.2. The second kappa shape index (κ2) is 6.31. The number of carbonyl (C=O) groups is 1. The second-order valence-corrected chi connectivity index (χ2v) is 4.93. The summed E-state index contributed by atoms with van der Waals surface area (Å²) in [6, 6.07) is 11.9. The number of alkyl halides is 3. The molecule has 126 valence electrons. The first-order valence-corrected chi connectivity index (χ1v) is 6.96. The molecule has 0 aliphatic carbocycles. The summed E-state index contributed by atoms with van der Waals surface area (Å²) in [7, 11) is 0. The van der Waals surface area contributed by atoms with Crippen LogP contribution in [0.15, 0.2) is 48.5 Å². The number of carbonyl (C=O) groups excluding carboxylic acids is 1. The van der Waals surface area contributed by atoms with Gasteiger partial charge in [0.1, 0.15) is 12.4 Å². The van der Waals surface area contributed by atoms with Gasteiger partial charge >= 0.3 is 6.36 Å². The van der Waals surface area contributed by atoms with Gasteiger partial charge in [-0.3, -0.25) is 4.79 Å². The minimum atomic E-state index is -4.80. The van der Waals surface area contributed by atoms with Gasteiger partial charge in [-0.25, -0.2) is 0 Å². The molecule has 1 N–H and O–H groups in total. The normalized spacial score (nSPS) is 16.4. The molecular weight excluding hydrogens is 327 g/mol. The van der Waals surface area contributed by atoms with Crippen LogP contribution < -0.4 is 19.5 Å². The number of anilines is 1. The molecule has 0 saturated carbocycles. The number of nitrogens with one attached hydrogen (secondary N) is 1. The zero-order valence-electron chi connectivity index (χ0n) is 12.2. The number of rotatable bonds is 3. The predicted molar refractivity (Wildman–Crippen MR) is 78.1 cm³/mol. The number of halogens is 3. The van der Waals surface area contributed by atoms with Gasteiger partial charge in [0.15, 0.2) is 11.5 Å². The molecule has 0 aromatic heterocycles. The topological polar surface area (TPSA) is 56.8 Å². The number of benzene rings is 2. The molecule has 1 aliphatic rings. The third-order valence-electron chi connectivity index (χ3n) is 3.14. The van der Waals surface area contributed by atoms with Gasteiger partial charge in [-0.2, -0.15) is 0 Å². The number of hydrogen-bond acceptors (Lipinski definition) is 4. The molecule has 5 nitrogen and oxygen atoms in total. The molecule has 0 spiro atoms. The molecule has 3 rings (SSSR count). The molecule has 8 heteroatoms. The Labute approximate surface area is 134 Å². The van der Waals surface area contributed by atoms with E-state index in [9.17, 15) is 18.0 Å². The highest BCUT2D eigenvalue weighted by Crippen LogP contribution is 2.31. The van der Waals surface area contributed by atoms with Crippen LogP contribution in [0.25, 0.3) is 0 Å². The molecule has 0 saturated heterocycles. The molecule has 2 aromatic rings. The van der Waals surface area contributed by atoms with E-state index in [4.69, 9.17) is 9.47 Å². The summed E-state index contributed by atoms with van der Waals surface area (Å²) in [4.78, 5) is 12.2. The first-order chi connectivity index (χ1) is 11.4. The lowest BCUT2D eigenvalue weighted by atomic mass is 10.2. The van der Waals surface area contributed by atoms with Crippen LogP contribution in [-0.2, 0) is 4.79 Å². The van der Waals surface area contributed by atoms with Crippen molar-refractivity contribution >= 4 is 11.6 Å². The maximum Gasteiger partial charge on any atom is 0.573 e. The third-order valence-corrected chi connectivity index (χ3v) is 3.14. The highest BCUT2D eigenvalue weighted by atomic mass is 19.4. The molecule has 1 heterocycles. The fourth-order valence-corrected chi connectivity index (χ4v) is 2.14. The van der Waals surface area contributed by atoms with Crippen LogP contribution in [-0.4, -0.2) is 25.0 Å². The van der Waals surface area contributed by atoms with Crippen LogP contribution >= 0.6 is 0 Å². The average Bonchev–Trinajstić information content (AvgIpc) is 2.53. The van der Waals surface area contributed by atoms with Gasteiger partial charge < -0.3 is 19.5 Å². The number of hydrogen-bond donors (Lipinski definition) is 1. The Kier molecular flexibility index (Phi) is 4.20. The smallest absolute Gasteiger partial charge is 0.485 e. The van der Waals surface area contributed by atoms with E-state index in [2.05, 4.69) is 10.1 Å². The maximum absolute atomic E-state index is 12.2. The lowest BCUT2D eigenvalue weighted by Gasteiger charge is -2.25. The Hall–Kier alpha value is -2.90. The Balaban J connectivity index is 1.66. The fraction of sp³-hybridized carbons (Fsp3) is 0.188. The van der Waals surface area contributed by atoms with Crippen LogP contribution in [0, 0.1) is 0 Å². The van der Waals surface area contributed by atoms with Crippen molar-refractivity contribution in [2.24, 2.45) is 0 Å². The van der Waals surface area contributed by atoms with Gasteiger partial charge in [0.2, 0.25) is 6.10 Å². The summed E-state index contributed by atoms with van der Waals surface area (Å²) < 4.78 is 51.4. The summed E-state index contributed by atoms with van der Waals surface area (Å²) in [5, 5.41) is 2.48. The Morgan fingerprint density at radius 3 is 2.62 bits per heavy atom. The lowest BCUT2D eigenvalue weighted by molar-refractivity contribution is -0.274. The second-order valence-electron chi connectivity index (χ2n) is 4.93. The molecule has 0 bridgehead atoms. The SMILES string of the molecule is O=C(Nc1cccc(OC(F)(F)F)c1)[C@H]1COc2ccccc2O1. The van der Waals surface area contributed by atoms with Crippen LogP contribution in [0.3, 0.4) is 0 Å². The molecule has 2 aromatic carbocycles. The Morgan fingerprint density at radius 1 is 1.12 bits per heavy atom. The van der Waals surface area contributed by atoms with Crippen LogP contribution in [0.2, 0.25) is 0 Å². The largest absolute Gasteiger partial charge is 0.573 e. The van der Waals surface area contributed by atoms with E-state index in [1.807, 2.05) is 0 Å². The molecule has 0 radical (unpaired) electrons. The zero-order chi connectivity index (χ0) is 17.2. The van der Waals surface area contributed by atoms with Gasteiger partial charge in [-0.15, -0.1) is 13.2 Å². The van der Waals surface area contributed by atoms with Crippen LogP contribution in [0.4, 0.5) is 18.9 Å². The number of ether oxygens (including phenoxy) is 3. The van der Waals surface area contributed by atoms with Crippen molar-refractivity contribution < 1.29 is 32.2 Å². The predicted octanol–water partition coefficient (Wildman–Crippen LogP) is 3.36. The van der Waals surface area contributed by atoms with E-state index in [1.54, 1.807) is 24.3 Å². The van der Waals surface area contributed by atoms with E-state index < -0.39 is 24.1 Å². The van der Waals surface area contributed by atoms with Gasteiger partial charge in [0.05, 0.1) is 0 Å². The maximum atomic E-state index is 12.2. The number of amides is 1. The summed E-state index contributed by atoms with van der Waals surface area (Å²) in [6.07, 6.45) is -5.71. The van der Waals surface area contributed by atoms with E-state index in [0.717, 1.165) is 12.1 Å². The van der Waals surface area contributed by atoms with Crippen LogP contribution in [0.5, 0.6) is 17.2 Å². The average molecular weight is 339 g/mol. The molecule has 0 unspecified atom stereocenters. The first kappa shape index (κ1) is 16.0. The van der Waals surface area contributed by atoms with Gasteiger partial charge in [0.25, 0.3) is 5.91 Å². The van der Waals surface area contributed by atoms with E-state index in [-0.39, 0.29) is 12.3 Å².